The summed E-state index contributed by atoms with van der Waals surface area (Å²) in [5.41, 5.74) is 2.51. The summed E-state index contributed by atoms with van der Waals surface area (Å²) < 4.78 is 15.3. The third-order valence-electron chi connectivity index (χ3n) is 4.51. The maximum absolute atomic E-state index is 12.7. The summed E-state index contributed by atoms with van der Waals surface area (Å²) >= 11 is 0. The molecule has 2 rings (SSSR count). The van der Waals surface area contributed by atoms with Gasteiger partial charge in [0.1, 0.15) is 5.75 Å². The van der Waals surface area contributed by atoms with Crippen LogP contribution in [0.1, 0.15) is 58.5 Å². The van der Waals surface area contributed by atoms with Crippen LogP contribution in [0.5, 0.6) is 5.75 Å². The summed E-state index contributed by atoms with van der Waals surface area (Å²) in [4.78, 5) is 36.5. The second kappa shape index (κ2) is 9.91. The normalized spacial score (nSPS) is 11.6. The molecule has 0 aliphatic heterocycles. The van der Waals surface area contributed by atoms with Gasteiger partial charge in [0.2, 0.25) is 0 Å². The minimum atomic E-state index is -0.812. The monoisotopic (exact) mass is 413 g/mol. The Kier molecular flexibility index (Phi) is 7.58. The molecule has 0 aliphatic carbocycles. The molecule has 160 valence electrons. The van der Waals surface area contributed by atoms with Gasteiger partial charge in [0.15, 0.2) is 6.10 Å². The predicted octanol–water partition coefficient (Wildman–Crippen LogP) is 4.10. The van der Waals surface area contributed by atoms with Gasteiger partial charge in [-0.2, -0.15) is 0 Å². The van der Waals surface area contributed by atoms with Gasteiger partial charge in [-0.15, -0.1) is 0 Å². The maximum Gasteiger partial charge on any atom is 0.337 e. The van der Waals surface area contributed by atoms with E-state index in [9.17, 15) is 14.4 Å². The summed E-state index contributed by atoms with van der Waals surface area (Å²) in [7, 11) is 2.46. The van der Waals surface area contributed by atoms with E-state index >= 15 is 0 Å². The smallest absolute Gasteiger partial charge is 0.337 e. The topological polar surface area (TPSA) is 90.9 Å². The summed E-state index contributed by atoms with van der Waals surface area (Å²) in [6.45, 7) is 7.69. The Morgan fingerprint density at radius 1 is 0.867 bits per heavy atom. The molecule has 2 aromatic rings. The Morgan fingerprint density at radius 3 is 1.93 bits per heavy atom. The van der Waals surface area contributed by atoms with Gasteiger partial charge >= 0.3 is 11.9 Å². The number of ether oxygens (including phenoxy) is 3. The van der Waals surface area contributed by atoms with E-state index in [1.165, 1.54) is 32.4 Å². The van der Waals surface area contributed by atoms with E-state index in [1.807, 2.05) is 25.1 Å². The van der Waals surface area contributed by atoms with Gasteiger partial charge in [0.25, 0.3) is 5.91 Å². The van der Waals surface area contributed by atoms with Crippen molar-refractivity contribution in [3.63, 3.8) is 0 Å². The fourth-order valence-corrected chi connectivity index (χ4v) is 2.88. The van der Waals surface area contributed by atoms with Crippen molar-refractivity contribution in [2.75, 3.05) is 19.5 Å². The van der Waals surface area contributed by atoms with E-state index in [0.717, 1.165) is 11.1 Å². The third-order valence-corrected chi connectivity index (χ3v) is 4.51. The number of rotatable bonds is 7. The number of methoxy groups -OCH3 is 2. The number of carbonyl (C=O) groups excluding carboxylic acids is 3. The molecular weight excluding hydrogens is 386 g/mol. The van der Waals surface area contributed by atoms with Crippen molar-refractivity contribution in [2.24, 2.45) is 0 Å². The quantitative estimate of drug-likeness (QED) is 0.688. The first-order chi connectivity index (χ1) is 14.2. The molecule has 0 fully saturated rings. The van der Waals surface area contributed by atoms with Crippen molar-refractivity contribution >= 4 is 23.5 Å². The number of hydrogen-bond acceptors (Lipinski definition) is 6. The van der Waals surface area contributed by atoms with Crippen LogP contribution in [0.2, 0.25) is 0 Å². The zero-order valence-electron chi connectivity index (χ0n) is 18.1. The molecule has 2 aromatic carbocycles. The average molecular weight is 413 g/mol. The largest absolute Gasteiger partial charge is 0.481 e. The van der Waals surface area contributed by atoms with Crippen LogP contribution in [-0.4, -0.2) is 38.2 Å². The Labute approximate surface area is 176 Å². The number of anilines is 1. The minimum absolute atomic E-state index is 0.116. The number of aryl methyl sites for hydroxylation is 1. The molecule has 0 aliphatic rings. The number of esters is 2. The molecule has 0 heterocycles. The molecule has 0 saturated carbocycles. The molecule has 1 amide bonds. The van der Waals surface area contributed by atoms with Crippen molar-refractivity contribution in [1.29, 1.82) is 0 Å². The van der Waals surface area contributed by atoms with E-state index in [-0.39, 0.29) is 22.7 Å². The van der Waals surface area contributed by atoms with E-state index in [4.69, 9.17) is 14.2 Å². The first-order valence-corrected chi connectivity index (χ1v) is 9.56. The first kappa shape index (κ1) is 22.9. The average Bonchev–Trinajstić information content (AvgIpc) is 2.71. The Hall–Kier alpha value is -3.35. The SMILES string of the molecule is COC(=O)c1cc(NC(=O)[C@@H](C)Oc2cc(C)ccc2C(C)C)cc(C(=O)OC)c1. The second-order valence-electron chi connectivity index (χ2n) is 7.23. The highest BCUT2D eigenvalue weighted by Crippen LogP contribution is 2.28. The molecule has 1 atom stereocenters. The van der Waals surface area contributed by atoms with E-state index in [0.29, 0.717) is 5.75 Å². The van der Waals surface area contributed by atoms with Crippen LogP contribution in [0.15, 0.2) is 36.4 Å². The van der Waals surface area contributed by atoms with E-state index < -0.39 is 23.9 Å². The lowest BCUT2D eigenvalue weighted by Crippen LogP contribution is -2.30. The number of hydrogen-bond donors (Lipinski definition) is 1. The Bertz CT molecular complexity index is 916. The molecular formula is C23H27NO6. The summed E-state index contributed by atoms with van der Waals surface area (Å²) in [6, 6.07) is 10.1. The van der Waals surface area contributed by atoms with Crippen LogP contribution in [0.25, 0.3) is 0 Å². The molecule has 1 N–H and O–H groups in total. The molecule has 0 aromatic heterocycles. The van der Waals surface area contributed by atoms with Gasteiger partial charge in [-0.1, -0.05) is 26.0 Å². The van der Waals surface area contributed by atoms with Crippen LogP contribution in [-0.2, 0) is 14.3 Å². The van der Waals surface area contributed by atoms with Crippen LogP contribution in [0.3, 0.4) is 0 Å². The lowest BCUT2D eigenvalue weighted by atomic mass is 10.0. The predicted molar refractivity (Wildman–Crippen MR) is 113 cm³/mol. The van der Waals surface area contributed by atoms with Crippen molar-refractivity contribution < 1.29 is 28.6 Å². The van der Waals surface area contributed by atoms with Crippen LogP contribution in [0, 0.1) is 6.92 Å². The van der Waals surface area contributed by atoms with Gasteiger partial charge in [-0.25, -0.2) is 9.59 Å². The van der Waals surface area contributed by atoms with Gasteiger partial charge in [-0.3, -0.25) is 4.79 Å². The summed E-state index contributed by atoms with van der Waals surface area (Å²) in [5.74, 6) is -0.825. The van der Waals surface area contributed by atoms with Crippen LogP contribution < -0.4 is 10.1 Å². The Balaban J connectivity index is 2.26. The van der Waals surface area contributed by atoms with Gasteiger partial charge in [0, 0.05) is 5.69 Å². The molecule has 0 bridgehead atoms. The van der Waals surface area contributed by atoms with Crippen LogP contribution in [0.4, 0.5) is 5.69 Å². The Morgan fingerprint density at radius 2 is 1.43 bits per heavy atom. The fourth-order valence-electron chi connectivity index (χ4n) is 2.88. The summed E-state index contributed by atoms with van der Waals surface area (Å²) in [5, 5.41) is 2.68. The van der Waals surface area contributed by atoms with Gasteiger partial charge in [0.05, 0.1) is 25.3 Å². The number of carbonyl (C=O) groups is 3. The van der Waals surface area contributed by atoms with Gasteiger partial charge in [-0.05, 0) is 55.2 Å². The molecule has 0 unspecified atom stereocenters. The van der Waals surface area contributed by atoms with Crippen molar-refractivity contribution in [2.45, 2.75) is 39.7 Å². The van der Waals surface area contributed by atoms with Crippen molar-refractivity contribution in [1.82, 2.24) is 0 Å². The molecule has 30 heavy (non-hydrogen) atoms. The highest BCUT2D eigenvalue weighted by Gasteiger charge is 2.20. The van der Waals surface area contributed by atoms with Crippen molar-refractivity contribution in [3.8, 4) is 5.75 Å². The summed E-state index contributed by atoms with van der Waals surface area (Å²) in [6.07, 6.45) is -0.812. The molecule has 0 radical (unpaired) electrons. The molecule has 0 saturated heterocycles. The highest BCUT2D eigenvalue weighted by atomic mass is 16.5. The van der Waals surface area contributed by atoms with E-state index in [1.54, 1.807) is 6.92 Å². The van der Waals surface area contributed by atoms with E-state index in [2.05, 4.69) is 19.2 Å². The van der Waals surface area contributed by atoms with Crippen molar-refractivity contribution in [3.05, 3.63) is 58.7 Å². The molecule has 7 nitrogen and oxygen atoms in total. The molecule has 7 heteroatoms. The third kappa shape index (κ3) is 5.59. The standard InChI is InChI=1S/C23H27NO6/c1-13(2)19-8-7-14(3)9-20(19)30-15(4)21(25)24-18-11-16(22(26)28-5)10-17(12-18)23(27)29-6/h7-13,15H,1-6H3,(H,24,25)/t15-/m1/s1. The minimum Gasteiger partial charge on any atom is -0.481 e. The van der Waals surface area contributed by atoms with Gasteiger partial charge < -0.3 is 19.5 Å². The zero-order chi connectivity index (χ0) is 22.4. The lowest BCUT2D eigenvalue weighted by molar-refractivity contribution is -0.122. The number of benzene rings is 2. The molecule has 0 spiro atoms. The zero-order valence-corrected chi connectivity index (χ0v) is 18.1. The fraction of sp³-hybridized carbons (Fsp3) is 0.348. The highest BCUT2D eigenvalue weighted by molar-refractivity contribution is 6.00. The maximum atomic E-state index is 12.7. The van der Waals surface area contributed by atoms with Crippen LogP contribution >= 0.6 is 0 Å². The lowest BCUT2D eigenvalue weighted by Gasteiger charge is -2.19. The number of nitrogens with one attached hydrogen (secondary N) is 1. The first-order valence-electron chi connectivity index (χ1n) is 9.56. The number of amides is 1. The second-order valence-corrected chi connectivity index (χ2v) is 7.23.